The number of allylic oxidation sites excluding steroid dienone is 1. The van der Waals surface area contributed by atoms with Crippen LogP contribution in [0.1, 0.15) is 47.8 Å². The first-order chi connectivity index (χ1) is 14.3. The number of carbonyl (C=O) groups excluding carboxylic acids is 1. The molecule has 0 aliphatic carbocycles. The summed E-state index contributed by atoms with van der Waals surface area (Å²) in [5.74, 6) is 0.395. The summed E-state index contributed by atoms with van der Waals surface area (Å²) in [6.45, 7) is 6.72. The molecule has 0 spiro atoms. The molecule has 30 heavy (non-hydrogen) atoms. The number of nitrogens with zero attached hydrogens (tertiary/aromatic N) is 2. The highest BCUT2D eigenvalue weighted by atomic mass is 32.2. The second-order valence-corrected chi connectivity index (χ2v) is 8.36. The lowest BCUT2D eigenvalue weighted by Crippen LogP contribution is -2.17. The van der Waals surface area contributed by atoms with E-state index < -0.39 is 0 Å². The number of hydrogen-bond acceptors (Lipinski definition) is 6. The van der Waals surface area contributed by atoms with E-state index in [2.05, 4.69) is 36.6 Å². The van der Waals surface area contributed by atoms with Gasteiger partial charge in [0.2, 0.25) is 0 Å². The third-order valence-electron chi connectivity index (χ3n) is 4.34. The number of methoxy groups -OCH3 is 1. The molecule has 0 atom stereocenters. The molecule has 156 valence electrons. The molecule has 0 saturated carbocycles. The molecule has 1 amide bonds. The van der Waals surface area contributed by atoms with Gasteiger partial charge in [0, 0.05) is 11.8 Å². The molecule has 7 heteroatoms. The van der Waals surface area contributed by atoms with Gasteiger partial charge in [0.25, 0.3) is 5.91 Å². The van der Waals surface area contributed by atoms with Crippen molar-refractivity contribution >= 4 is 24.1 Å². The SMILES string of the molecule is COc1ccc(C(C)(C)C)cc1SNC(=O)c1ccc(CN=C/C=C\N)c(C#N)c1. The lowest BCUT2D eigenvalue weighted by molar-refractivity contribution is 0.0984. The van der Waals surface area contributed by atoms with Crippen LogP contribution in [0.3, 0.4) is 0 Å². The lowest BCUT2D eigenvalue weighted by Gasteiger charge is -2.20. The standard InChI is InChI=1S/C23H26N4O2S/c1-23(2,3)19-8-9-20(29-4)21(13-19)30-27-22(28)16-6-7-17(18(12-16)14-25)15-26-11-5-10-24/h5-13H,15,24H2,1-4H3,(H,27,28)/b10-5-,26-11?. The summed E-state index contributed by atoms with van der Waals surface area (Å²) in [5, 5.41) is 9.42. The van der Waals surface area contributed by atoms with Crippen LogP contribution >= 0.6 is 11.9 Å². The normalized spacial score (nSPS) is 11.6. The summed E-state index contributed by atoms with van der Waals surface area (Å²) in [5.41, 5.74) is 7.93. The lowest BCUT2D eigenvalue weighted by atomic mass is 9.87. The Balaban J connectivity index is 2.16. The van der Waals surface area contributed by atoms with Crippen LogP contribution in [0.25, 0.3) is 0 Å². The number of carbonyl (C=O) groups is 1. The van der Waals surface area contributed by atoms with Crippen molar-refractivity contribution in [2.45, 2.75) is 37.6 Å². The van der Waals surface area contributed by atoms with Crippen molar-refractivity contribution in [2.75, 3.05) is 7.11 Å². The zero-order chi connectivity index (χ0) is 22.1. The van der Waals surface area contributed by atoms with Gasteiger partial charge in [-0.05, 0) is 65.0 Å². The van der Waals surface area contributed by atoms with Crippen molar-refractivity contribution < 1.29 is 9.53 Å². The Bertz CT molecular complexity index is 1000. The number of hydrogen-bond donors (Lipinski definition) is 2. The van der Waals surface area contributed by atoms with Crippen LogP contribution in [-0.2, 0) is 12.0 Å². The molecule has 2 rings (SSSR count). The Morgan fingerprint density at radius 3 is 2.70 bits per heavy atom. The molecule has 0 fully saturated rings. The van der Waals surface area contributed by atoms with Gasteiger partial charge in [0.15, 0.2) is 0 Å². The van der Waals surface area contributed by atoms with Crippen LogP contribution in [0, 0.1) is 11.3 Å². The molecular formula is C23H26N4O2S. The maximum atomic E-state index is 12.6. The molecule has 0 aliphatic rings. The number of nitrogens with two attached hydrogens (primary N) is 1. The minimum absolute atomic E-state index is 0.0223. The van der Waals surface area contributed by atoms with E-state index in [1.807, 2.05) is 18.2 Å². The molecule has 0 aliphatic heterocycles. The van der Waals surface area contributed by atoms with E-state index in [-0.39, 0.29) is 11.3 Å². The molecule has 0 bridgehead atoms. The number of nitriles is 1. The Hall–Kier alpha value is -3.24. The molecule has 0 radical (unpaired) electrons. The van der Waals surface area contributed by atoms with Crippen molar-refractivity contribution in [1.82, 2.24) is 4.72 Å². The monoisotopic (exact) mass is 422 g/mol. The van der Waals surface area contributed by atoms with E-state index in [4.69, 9.17) is 10.5 Å². The molecular weight excluding hydrogens is 396 g/mol. The van der Waals surface area contributed by atoms with E-state index >= 15 is 0 Å². The number of benzene rings is 2. The van der Waals surface area contributed by atoms with Gasteiger partial charge >= 0.3 is 0 Å². The summed E-state index contributed by atoms with van der Waals surface area (Å²) >= 11 is 1.19. The average molecular weight is 423 g/mol. The zero-order valence-electron chi connectivity index (χ0n) is 17.6. The number of nitrogens with one attached hydrogen (secondary N) is 1. The van der Waals surface area contributed by atoms with Crippen molar-refractivity contribution in [3.63, 3.8) is 0 Å². The van der Waals surface area contributed by atoms with E-state index in [1.165, 1.54) is 18.1 Å². The summed E-state index contributed by atoms with van der Waals surface area (Å²) in [7, 11) is 1.60. The van der Waals surface area contributed by atoms with Gasteiger partial charge in [-0.25, -0.2) is 0 Å². The van der Waals surface area contributed by atoms with Gasteiger partial charge in [-0.1, -0.05) is 32.9 Å². The van der Waals surface area contributed by atoms with Crippen LogP contribution in [-0.4, -0.2) is 19.2 Å². The second-order valence-electron chi connectivity index (χ2n) is 7.51. The predicted molar refractivity (Wildman–Crippen MR) is 122 cm³/mol. The average Bonchev–Trinajstić information content (AvgIpc) is 2.74. The predicted octanol–water partition coefficient (Wildman–Crippen LogP) is 4.34. The van der Waals surface area contributed by atoms with Gasteiger partial charge in [-0.15, -0.1) is 0 Å². The fourth-order valence-electron chi connectivity index (χ4n) is 2.60. The molecule has 0 aromatic heterocycles. The molecule has 0 unspecified atom stereocenters. The summed E-state index contributed by atoms with van der Waals surface area (Å²) in [6.07, 6.45) is 4.55. The van der Waals surface area contributed by atoms with Crippen molar-refractivity contribution in [3.8, 4) is 11.8 Å². The first-order valence-electron chi connectivity index (χ1n) is 9.35. The highest BCUT2D eigenvalue weighted by Crippen LogP contribution is 2.33. The zero-order valence-corrected chi connectivity index (χ0v) is 18.4. The largest absolute Gasteiger partial charge is 0.496 e. The number of rotatable bonds is 7. The Morgan fingerprint density at radius 2 is 2.07 bits per heavy atom. The van der Waals surface area contributed by atoms with Gasteiger partial charge in [-0.2, -0.15) is 5.26 Å². The highest BCUT2D eigenvalue weighted by Gasteiger charge is 2.17. The molecule has 3 N–H and O–H groups in total. The van der Waals surface area contributed by atoms with Crippen molar-refractivity contribution in [2.24, 2.45) is 10.7 Å². The third kappa shape index (κ3) is 6.13. The topological polar surface area (TPSA) is 100 Å². The Labute approximate surface area is 182 Å². The number of ether oxygens (including phenoxy) is 1. The second kappa shape index (κ2) is 10.5. The van der Waals surface area contributed by atoms with Crippen LogP contribution in [0.15, 0.2) is 58.6 Å². The van der Waals surface area contributed by atoms with Crippen LogP contribution < -0.4 is 15.2 Å². The van der Waals surface area contributed by atoms with Gasteiger partial charge in [-0.3, -0.25) is 14.5 Å². The number of aliphatic imine (C=N–C) groups is 1. The van der Waals surface area contributed by atoms with E-state index in [0.29, 0.717) is 23.4 Å². The van der Waals surface area contributed by atoms with E-state index in [1.54, 1.807) is 37.6 Å². The molecule has 2 aromatic carbocycles. The fourth-order valence-corrected chi connectivity index (χ4v) is 3.36. The van der Waals surface area contributed by atoms with Gasteiger partial charge in [0.1, 0.15) is 5.75 Å². The third-order valence-corrected chi connectivity index (χ3v) is 5.17. The molecule has 6 nitrogen and oxygen atoms in total. The van der Waals surface area contributed by atoms with E-state index in [9.17, 15) is 10.1 Å². The Kier molecular flexibility index (Phi) is 8.07. The maximum absolute atomic E-state index is 12.6. The highest BCUT2D eigenvalue weighted by molar-refractivity contribution is 7.98. The summed E-state index contributed by atoms with van der Waals surface area (Å²) in [4.78, 5) is 17.6. The minimum Gasteiger partial charge on any atom is -0.496 e. The van der Waals surface area contributed by atoms with Crippen LogP contribution in [0.2, 0.25) is 0 Å². The smallest absolute Gasteiger partial charge is 0.261 e. The first kappa shape index (κ1) is 23.0. The minimum atomic E-state index is -0.291. The van der Waals surface area contributed by atoms with Crippen molar-refractivity contribution in [1.29, 1.82) is 5.26 Å². The van der Waals surface area contributed by atoms with E-state index in [0.717, 1.165) is 16.0 Å². The molecule has 0 heterocycles. The van der Waals surface area contributed by atoms with Crippen molar-refractivity contribution in [3.05, 3.63) is 70.9 Å². The number of amides is 1. The molecule has 0 saturated heterocycles. The van der Waals surface area contributed by atoms with Gasteiger partial charge in [0.05, 0.1) is 30.2 Å². The van der Waals surface area contributed by atoms with Crippen LogP contribution in [0.4, 0.5) is 0 Å². The van der Waals surface area contributed by atoms with Crippen LogP contribution in [0.5, 0.6) is 5.75 Å². The Morgan fingerprint density at radius 1 is 1.30 bits per heavy atom. The molecule has 2 aromatic rings. The summed E-state index contributed by atoms with van der Waals surface area (Å²) < 4.78 is 8.25. The maximum Gasteiger partial charge on any atom is 0.261 e. The fraction of sp³-hybridized carbons (Fsp3) is 0.261. The first-order valence-corrected chi connectivity index (χ1v) is 10.2. The quantitative estimate of drug-likeness (QED) is 0.510. The summed E-state index contributed by atoms with van der Waals surface area (Å²) in [6, 6.07) is 13.1. The van der Waals surface area contributed by atoms with Gasteiger partial charge < -0.3 is 10.5 Å².